The normalized spacial score (nSPS) is 11.7. The van der Waals surface area contributed by atoms with Crippen LogP contribution in [0.5, 0.6) is 17.2 Å². The van der Waals surface area contributed by atoms with Crippen molar-refractivity contribution in [3.8, 4) is 22.9 Å². The number of nitrogens with zero attached hydrogens (tertiary/aromatic N) is 6. The van der Waals surface area contributed by atoms with E-state index in [0.29, 0.717) is 17.4 Å². The van der Waals surface area contributed by atoms with Gasteiger partial charge >= 0.3 is 17.4 Å². The molecule has 6 rings (SSSR count). The number of hydrogen-bond acceptors (Lipinski definition) is 14. The number of nitro groups is 1. The van der Waals surface area contributed by atoms with Crippen LogP contribution in [0.3, 0.4) is 0 Å². The summed E-state index contributed by atoms with van der Waals surface area (Å²) in [5, 5.41) is 62.0. The van der Waals surface area contributed by atoms with Crippen molar-refractivity contribution in [3.63, 3.8) is 0 Å². The van der Waals surface area contributed by atoms with E-state index in [2.05, 4.69) is 25.6 Å². The third kappa shape index (κ3) is 9.58. The Morgan fingerprint density at radius 2 is 1.44 bits per heavy atom. The first-order valence-corrected chi connectivity index (χ1v) is 18.0. The van der Waals surface area contributed by atoms with Crippen LogP contribution in [0.4, 0.5) is 28.4 Å². The number of fused-ring (bicyclic) bond motifs is 1. The fourth-order valence-electron chi connectivity index (χ4n) is 4.71. The fourth-order valence-corrected chi connectivity index (χ4v) is 6.25. The summed E-state index contributed by atoms with van der Waals surface area (Å²) in [6.45, 7) is 1.66. The minimum Gasteiger partial charge on any atom is -0.871 e. The molecule has 0 saturated carbocycles. The zero-order valence-corrected chi connectivity index (χ0v) is 31.1. The van der Waals surface area contributed by atoms with Crippen LogP contribution in [0.1, 0.15) is 5.69 Å². The topological polar surface area (TPSA) is 305 Å². The second-order valence-electron chi connectivity index (χ2n) is 10.9. The van der Waals surface area contributed by atoms with Crippen LogP contribution in [0, 0.1) is 17.0 Å². The number of aromatic nitrogens is 2. The molecule has 0 atom stereocenters. The van der Waals surface area contributed by atoms with Crippen molar-refractivity contribution < 1.29 is 63.5 Å². The number of azo groups is 2. The number of aromatic amines is 1. The predicted octanol–water partition coefficient (Wildman–Crippen LogP) is 6.05. The quantitative estimate of drug-likeness (QED) is 0.0589. The number of benzene rings is 5. The average Bonchev–Trinajstić information content (AvgIpc) is 3.40. The van der Waals surface area contributed by atoms with Crippen molar-refractivity contribution in [2.75, 3.05) is 0 Å². The largest absolute Gasteiger partial charge is 3.00 e. The molecule has 1 heterocycles. The smallest absolute Gasteiger partial charge is 0.871 e. The van der Waals surface area contributed by atoms with E-state index < -0.39 is 63.4 Å². The van der Waals surface area contributed by atoms with Crippen molar-refractivity contribution in [2.45, 2.75) is 16.7 Å². The number of H-pyrrole nitrogens is 1. The van der Waals surface area contributed by atoms with Crippen LogP contribution in [0.2, 0.25) is 5.02 Å². The van der Waals surface area contributed by atoms with Crippen LogP contribution < -0.4 is 15.8 Å². The van der Waals surface area contributed by atoms with Gasteiger partial charge in [0.05, 0.1) is 32.6 Å². The number of para-hydroxylation sites is 1. The molecule has 0 amide bonds. The van der Waals surface area contributed by atoms with Gasteiger partial charge in [0.25, 0.3) is 31.5 Å². The molecule has 0 fully saturated rings. The van der Waals surface area contributed by atoms with Crippen LogP contribution in [0.25, 0.3) is 16.5 Å². The van der Waals surface area contributed by atoms with Crippen molar-refractivity contribution in [2.24, 2.45) is 20.5 Å². The molecule has 0 aliphatic heterocycles. The third-order valence-electron chi connectivity index (χ3n) is 7.23. The first-order valence-electron chi connectivity index (χ1n) is 14.7. The van der Waals surface area contributed by atoms with Crippen LogP contribution in [-0.4, -0.2) is 45.8 Å². The molecule has 23 heteroatoms. The number of nitrogens with one attached hydrogen (secondary N) is 1. The van der Waals surface area contributed by atoms with E-state index >= 15 is 0 Å². The molecule has 0 aliphatic carbocycles. The molecule has 0 aliphatic rings. The Kier molecular flexibility index (Phi) is 12.6. The molecule has 6 aromatic rings. The van der Waals surface area contributed by atoms with Crippen LogP contribution >= 0.6 is 11.6 Å². The van der Waals surface area contributed by atoms with Gasteiger partial charge in [0.15, 0.2) is 5.69 Å². The Morgan fingerprint density at radius 1 is 0.782 bits per heavy atom. The van der Waals surface area contributed by atoms with E-state index in [9.17, 15) is 56.2 Å². The number of hydrogen-bond donors (Lipinski definition) is 4. The molecule has 55 heavy (non-hydrogen) atoms. The van der Waals surface area contributed by atoms with E-state index in [4.69, 9.17) is 11.6 Å². The fraction of sp³-hybridized carbons (Fsp3) is 0.0312. The summed E-state index contributed by atoms with van der Waals surface area (Å²) in [6.07, 6.45) is 0. The van der Waals surface area contributed by atoms with Gasteiger partial charge in [0.2, 0.25) is 0 Å². The molecule has 0 saturated heterocycles. The van der Waals surface area contributed by atoms with Gasteiger partial charge in [-0.1, -0.05) is 53.4 Å². The first kappa shape index (κ1) is 41.8. The Bertz CT molecular complexity index is 2800. The zero-order valence-electron chi connectivity index (χ0n) is 27.5. The number of phenolic OH excluding ortho intramolecular Hbond substituents is 1. The molecule has 0 bridgehead atoms. The summed E-state index contributed by atoms with van der Waals surface area (Å²) >= 11 is 5.79. The van der Waals surface area contributed by atoms with Crippen molar-refractivity contribution in [3.05, 3.63) is 122 Å². The summed E-state index contributed by atoms with van der Waals surface area (Å²) < 4.78 is 66.6. The molecule has 19 nitrogen and oxygen atoms in total. The summed E-state index contributed by atoms with van der Waals surface area (Å²) in [5.41, 5.74) is -0.328. The molecule has 5 aromatic carbocycles. The van der Waals surface area contributed by atoms with E-state index in [0.717, 1.165) is 36.4 Å². The van der Waals surface area contributed by atoms with Gasteiger partial charge in [0.1, 0.15) is 16.3 Å². The van der Waals surface area contributed by atoms with Gasteiger partial charge in [-0.05, 0) is 60.8 Å². The van der Waals surface area contributed by atoms with E-state index in [1.165, 1.54) is 22.9 Å². The number of aromatic hydroxyl groups is 1. The minimum absolute atomic E-state index is 0. The summed E-state index contributed by atoms with van der Waals surface area (Å²) in [7, 11) is -9.83. The predicted molar refractivity (Wildman–Crippen MR) is 188 cm³/mol. The van der Waals surface area contributed by atoms with E-state index in [-0.39, 0.29) is 55.9 Å². The van der Waals surface area contributed by atoms with Crippen LogP contribution in [-0.2, 0) is 37.6 Å². The molecule has 0 unspecified atom stereocenters. The second kappa shape index (κ2) is 16.6. The molecule has 0 spiro atoms. The van der Waals surface area contributed by atoms with E-state index in [1.807, 2.05) is 6.07 Å². The minimum atomic E-state index is -5.02. The molecular weight excluding hydrogens is 826 g/mol. The molecule has 281 valence electrons. The number of nitro benzene ring substituents is 1. The van der Waals surface area contributed by atoms with Gasteiger partial charge in [-0.3, -0.25) is 29.1 Å². The monoisotopic (exact) mass is 847 g/mol. The Labute approximate surface area is 325 Å². The van der Waals surface area contributed by atoms with Gasteiger partial charge in [-0.25, -0.2) is 4.68 Å². The number of aryl methyl sites for hydroxylation is 1. The Balaban J connectivity index is 0.000000243. The number of non-ortho nitro benzene ring substituents is 1. The molecular formula is C32H22ClCrN7O12S2+. The number of rotatable bonds is 8. The SMILES string of the molecule is Cc1[nH]n(-c2ccccc2)c(=O)c1N=Nc1ccc([N+](=O)[O-])cc1[O-].O=S(=O)(O)c1cc(S(=O)(=O)O)c2c(N=Nc3cc(Cl)ccc3[O-])c(O)ccc2c1.[Cr+3]. The third-order valence-corrected chi connectivity index (χ3v) is 9.17. The van der Waals surface area contributed by atoms with Crippen LogP contribution in [0.15, 0.2) is 126 Å². The van der Waals surface area contributed by atoms with Crippen molar-refractivity contribution in [1.29, 1.82) is 0 Å². The van der Waals surface area contributed by atoms with Crippen molar-refractivity contribution in [1.82, 2.24) is 9.78 Å². The summed E-state index contributed by atoms with van der Waals surface area (Å²) in [6, 6.07) is 19.4. The zero-order chi connectivity index (χ0) is 39.5. The summed E-state index contributed by atoms with van der Waals surface area (Å²) in [4.78, 5) is 20.7. The van der Waals surface area contributed by atoms with Gasteiger partial charge in [-0.15, -0.1) is 10.2 Å². The Morgan fingerprint density at radius 3 is 2.05 bits per heavy atom. The first-order chi connectivity index (χ1) is 25.3. The average molecular weight is 848 g/mol. The number of phenols is 1. The maximum Gasteiger partial charge on any atom is 3.00 e. The molecule has 1 aromatic heterocycles. The Hall–Kier alpha value is -5.99. The molecule has 1 radical (unpaired) electrons. The maximum absolute atomic E-state index is 12.5. The second-order valence-corrected chi connectivity index (χ2v) is 14.1. The molecule has 4 N–H and O–H groups in total. The van der Waals surface area contributed by atoms with Gasteiger partial charge in [0, 0.05) is 22.5 Å². The van der Waals surface area contributed by atoms with Crippen molar-refractivity contribution >= 4 is 71.0 Å². The standard InChI is InChI=1S/C16H11ClN2O8S2.C16H13N5O4.Cr/c17-9-2-4-12(20)11(6-9)18-19-16-13(21)3-1-8-5-10(28(22,23)24)7-14(15(8)16)29(25,26)27;1-10-15(16(23)20(19-10)11-5-3-2-4-6-11)18-17-13-8-7-12(21(24)25)9-14(13)22;/h1-7,20-21H,(H,22,23,24)(H,25,26,27);2-9,19,22H,1H3;/q;;+3/p-2. The van der Waals surface area contributed by atoms with E-state index in [1.54, 1.807) is 31.2 Å². The summed E-state index contributed by atoms with van der Waals surface area (Å²) in [5.74, 6) is -1.77. The maximum atomic E-state index is 12.5. The van der Waals surface area contributed by atoms with Gasteiger partial charge < -0.3 is 15.3 Å². The number of halogens is 1. The van der Waals surface area contributed by atoms with Gasteiger partial charge in [-0.2, -0.15) is 27.1 Å².